The van der Waals surface area contributed by atoms with Crippen LogP contribution in [0.1, 0.15) is 5.56 Å². The lowest BCUT2D eigenvalue weighted by Gasteiger charge is -2.24. The lowest BCUT2D eigenvalue weighted by molar-refractivity contribution is -0.359. The van der Waals surface area contributed by atoms with Crippen LogP contribution < -0.4 is 0 Å². The molecule has 1 heterocycles. The molecule has 0 aliphatic carbocycles. The van der Waals surface area contributed by atoms with Gasteiger partial charge in [-0.05, 0) is 12.1 Å². The number of alkyl halides is 3. The van der Waals surface area contributed by atoms with Crippen molar-refractivity contribution in [2.75, 3.05) is 0 Å². The number of pyridine rings is 1. The second-order valence-electron chi connectivity index (χ2n) is 2.51. The molecule has 0 unspecified atom stereocenters. The zero-order valence-corrected chi connectivity index (χ0v) is 7.81. The standard InChI is InChI=1S/C7H5F4NO2.ClH/c8-5-4(2-1-3-12-5)6(13,14)7(9,10)11;/h1-3,13-14H;1H. The lowest BCUT2D eigenvalue weighted by Crippen LogP contribution is -2.42. The Morgan fingerprint density at radius 2 is 1.73 bits per heavy atom. The Morgan fingerprint density at radius 3 is 2.13 bits per heavy atom. The molecule has 1 aromatic rings. The maximum Gasteiger partial charge on any atom is 0.447 e. The van der Waals surface area contributed by atoms with Gasteiger partial charge >= 0.3 is 6.18 Å². The van der Waals surface area contributed by atoms with Crippen molar-refractivity contribution in [3.63, 3.8) is 0 Å². The normalized spacial score (nSPS) is 12.1. The van der Waals surface area contributed by atoms with Crippen LogP contribution in [0.5, 0.6) is 0 Å². The van der Waals surface area contributed by atoms with Crippen molar-refractivity contribution in [3.05, 3.63) is 29.8 Å². The SMILES string of the molecule is Cl.OC(O)(c1cccnc1F)C(F)(F)F. The van der Waals surface area contributed by atoms with Crippen LogP contribution in [-0.2, 0) is 5.79 Å². The van der Waals surface area contributed by atoms with Crippen molar-refractivity contribution < 1.29 is 27.8 Å². The second-order valence-corrected chi connectivity index (χ2v) is 2.51. The average molecular weight is 248 g/mol. The predicted octanol–water partition coefficient (Wildman–Crippen LogP) is 1.34. The molecule has 3 nitrogen and oxygen atoms in total. The van der Waals surface area contributed by atoms with Gasteiger partial charge in [-0.1, -0.05) is 0 Å². The summed E-state index contributed by atoms with van der Waals surface area (Å²) < 4.78 is 48.7. The van der Waals surface area contributed by atoms with E-state index in [-0.39, 0.29) is 12.4 Å². The minimum absolute atomic E-state index is 0. The van der Waals surface area contributed by atoms with Gasteiger partial charge in [-0.25, -0.2) is 4.98 Å². The molecule has 0 aliphatic heterocycles. The van der Waals surface area contributed by atoms with Crippen LogP contribution in [0.4, 0.5) is 17.6 Å². The van der Waals surface area contributed by atoms with Gasteiger partial charge in [0.15, 0.2) is 0 Å². The summed E-state index contributed by atoms with van der Waals surface area (Å²) in [5, 5.41) is 17.3. The minimum atomic E-state index is -5.38. The molecule has 1 rings (SSSR count). The van der Waals surface area contributed by atoms with E-state index in [1.165, 1.54) is 0 Å². The molecule has 0 spiro atoms. The minimum Gasteiger partial charge on any atom is -0.355 e. The summed E-state index contributed by atoms with van der Waals surface area (Å²) in [5.74, 6) is -5.79. The van der Waals surface area contributed by atoms with E-state index in [1.807, 2.05) is 0 Å². The molecule has 0 atom stereocenters. The maximum atomic E-state index is 12.7. The summed E-state index contributed by atoms with van der Waals surface area (Å²) in [6, 6.07) is 1.56. The third-order valence-electron chi connectivity index (χ3n) is 1.53. The first-order valence-electron chi connectivity index (χ1n) is 3.39. The van der Waals surface area contributed by atoms with E-state index < -0.39 is 23.5 Å². The molecule has 0 amide bonds. The molecule has 0 bridgehead atoms. The smallest absolute Gasteiger partial charge is 0.355 e. The summed E-state index contributed by atoms with van der Waals surface area (Å²) in [4.78, 5) is 2.87. The van der Waals surface area contributed by atoms with E-state index in [0.29, 0.717) is 6.07 Å². The fourth-order valence-electron chi connectivity index (χ4n) is 0.799. The van der Waals surface area contributed by atoms with Crippen molar-refractivity contribution in [3.8, 4) is 0 Å². The number of aliphatic hydroxyl groups is 2. The zero-order valence-electron chi connectivity index (χ0n) is 6.99. The molecule has 0 saturated carbocycles. The third-order valence-corrected chi connectivity index (χ3v) is 1.53. The van der Waals surface area contributed by atoms with Crippen LogP contribution in [0, 0.1) is 5.95 Å². The Kier molecular flexibility index (Phi) is 4.03. The average Bonchev–Trinajstić information content (AvgIpc) is 2.02. The fourth-order valence-corrected chi connectivity index (χ4v) is 0.799. The summed E-state index contributed by atoms with van der Waals surface area (Å²) in [6.45, 7) is 0. The van der Waals surface area contributed by atoms with Gasteiger partial charge in [-0.15, -0.1) is 12.4 Å². The van der Waals surface area contributed by atoms with Crippen molar-refractivity contribution in [2.24, 2.45) is 0 Å². The van der Waals surface area contributed by atoms with Crippen molar-refractivity contribution in [1.29, 1.82) is 0 Å². The Hall–Kier alpha value is -0.920. The molecule has 1 aromatic heterocycles. The van der Waals surface area contributed by atoms with Crippen molar-refractivity contribution in [1.82, 2.24) is 4.98 Å². The zero-order chi connectivity index (χ0) is 11.0. The maximum absolute atomic E-state index is 12.7. The lowest BCUT2D eigenvalue weighted by atomic mass is 10.1. The molecule has 0 saturated heterocycles. The fraction of sp³-hybridized carbons (Fsp3) is 0.286. The second kappa shape index (κ2) is 4.30. The van der Waals surface area contributed by atoms with Gasteiger partial charge in [-0.2, -0.15) is 17.6 Å². The highest BCUT2D eigenvalue weighted by atomic mass is 35.5. The van der Waals surface area contributed by atoms with Crippen LogP contribution in [0.3, 0.4) is 0 Å². The molecule has 8 heteroatoms. The number of hydrogen-bond donors (Lipinski definition) is 2. The van der Waals surface area contributed by atoms with Gasteiger partial charge in [0.1, 0.15) is 0 Å². The van der Waals surface area contributed by atoms with E-state index in [0.717, 1.165) is 12.3 Å². The first-order chi connectivity index (χ1) is 6.27. The van der Waals surface area contributed by atoms with Gasteiger partial charge < -0.3 is 10.2 Å². The summed E-state index contributed by atoms with van der Waals surface area (Å²) in [7, 11) is 0. The molecule has 0 fully saturated rings. The summed E-state index contributed by atoms with van der Waals surface area (Å²) >= 11 is 0. The summed E-state index contributed by atoms with van der Waals surface area (Å²) in [6.07, 6.45) is -4.48. The molecular weight excluding hydrogens is 242 g/mol. The van der Waals surface area contributed by atoms with Crippen LogP contribution in [0.15, 0.2) is 18.3 Å². The molecule has 0 aromatic carbocycles. The molecule has 15 heavy (non-hydrogen) atoms. The Morgan fingerprint density at radius 1 is 1.20 bits per heavy atom. The van der Waals surface area contributed by atoms with Crippen LogP contribution in [0.2, 0.25) is 0 Å². The largest absolute Gasteiger partial charge is 0.447 e. The van der Waals surface area contributed by atoms with Gasteiger partial charge in [0.2, 0.25) is 5.95 Å². The highest BCUT2D eigenvalue weighted by Crippen LogP contribution is 2.36. The molecule has 0 aliphatic rings. The van der Waals surface area contributed by atoms with E-state index in [4.69, 9.17) is 10.2 Å². The first kappa shape index (κ1) is 14.1. The van der Waals surface area contributed by atoms with Gasteiger partial charge in [0.05, 0.1) is 5.56 Å². The van der Waals surface area contributed by atoms with E-state index in [2.05, 4.69) is 4.98 Å². The Bertz CT molecular complexity index is 342. The number of rotatable bonds is 1. The molecule has 0 radical (unpaired) electrons. The quantitative estimate of drug-likeness (QED) is 0.447. The number of aromatic nitrogens is 1. The van der Waals surface area contributed by atoms with Crippen LogP contribution in [-0.4, -0.2) is 21.4 Å². The van der Waals surface area contributed by atoms with Gasteiger partial charge in [-0.3, -0.25) is 0 Å². The highest BCUT2D eigenvalue weighted by molar-refractivity contribution is 5.85. The third kappa shape index (κ3) is 2.55. The van der Waals surface area contributed by atoms with Gasteiger partial charge in [0, 0.05) is 6.20 Å². The Balaban J connectivity index is 0.00000196. The van der Waals surface area contributed by atoms with Crippen LogP contribution >= 0.6 is 12.4 Å². The Labute approximate surface area is 87.8 Å². The monoisotopic (exact) mass is 247 g/mol. The van der Waals surface area contributed by atoms with E-state index >= 15 is 0 Å². The number of halogens is 5. The van der Waals surface area contributed by atoms with E-state index in [1.54, 1.807) is 0 Å². The first-order valence-corrected chi connectivity index (χ1v) is 3.39. The topological polar surface area (TPSA) is 53.4 Å². The molecule has 86 valence electrons. The number of hydrogen-bond acceptors (Lipinski definition) is 3. The number of nitrogens with zero attached hydrogens (tertiary/aromatic N) is 1. The van der Waals surface area contributed by atoms with Crippen molar-refractivity contribution in [2.45, 2.75) is 12.0 Å². The van der Waals surface area contributed by atoms with E-state index in [9.17, 15) is 17.6 Å². The summed E-state index contributed by atoms with van der Waals surface area (Å²) in [5.41, 5.74) is -1.33. The van der Waals surface area contributed by atoms with Crippen molar-refractivity contribution >= 4 is 12.4 Å². The van der Waals surface area contributed by atoms with Crippen LogP contribution in [0.25, 0.3) is 0 Å². The van der Waals surface area contributed by atoms with Gasteiger partial charge in [0.25, 0.3) is 5.79 Å². The molecule has 2 N–H and O–H groups in total. The molecular formula is C7H6ClF4NO2. The predicted molar refractivity (Wildman–Crippen MR) is 43.6 cm³/mol. The highest BCUT2D eigenvalue weighted by Gasteiger charge is 2.55.